The molecule has 0 bridgehead atoms. The first kappa shape index (κ1) is 21.5. The maximum atomic E-state index is 9.84. The van der Waals surface area contributed by atoms with Crippen molar-refractivity contribution in [2.45, 2.75) is 64.0 Å². The van der Waals surface area contributed by atoms with Gasteiger partial charge in [0.25, 0.3) is 0 Å². The molecule has 26 heavy (non-hydrogen) atoms. The molecular weight excluding hydrogens is 348 g/mol. The van der Waals surface area contributed by atoms with Crippen molar-refractivity contribution < 1.29 is 23.7 Å². The summed E-state index contributed by atoms with van der Waals surface area (Å²) in [5.41, 5.74) is 1.09. The lowest BCUT2D eigenvalue weighted by atomic mass is 10.0. The molecule has 0 spiro atoms. The van der Waals surface area contributed by atoms with Crippen LogP contribution in [0.3, 0.4) is 0 Å². The van der Waals surface area contributed by atoms with Crippen LogP contribution in [-0.4, -0.2) is 52.2 Å². The zero-order valence-corrected chi connectivity index (χ0v) is 17.9. The van der Waals surface area contributed by atoms with Crippen LogP contribution in [0, 0.1) is 5.92 Å². The minimum absolute atomic E-state index is 0.0471. The summed E-state index contributed by atoms with van der Waals surface area (Å²) in [7, 11) is -0.296. The monoisotopic (exact) mass is 382 g/mol. The highest BCUT2D eigenvalue weighted by molar-refractivity contribution is 6.74. The molecule has 0 saturated carbocycles. The molecular formula is C20H34O5Si. The second kappa shape index (κ2) is 8.95. The van der Waals surface area contributed by atoms with Gasteiger partial charge in [-0.15, -0.1) is 0 Å². The van der Waals surface area contributed by atoms with Gasteiger partial charge in [-0.2, -0.15) is 0 Å². The molecule has 1 fully saturated rings. The number of aliphatic hydroxyl groups excluding tert-OH is 1. The van der Waals surface area contributed by atoms with Crippen molar-refractivity contribution in [3.8, 4) is 0 Å². The fraction of sp³-hybridized carbons (Fsp3) is 0.700. The van der Waals surface area contributed by atoms with Gasteiger partial charge in [0.2, 0.25) is 0 Å². The molecule has 1 unspecified atom stereocenters. The Kier molecular flexibility index (Phi) is 7.41. The fourth-order valence-corrected chi connectivity index (χ4v) is 3.85. The predicted molar refractivity (Wildman–Crippen MR) is 104 cm³/mol. The summed E-state index contributed by atoms with van der Waals surface area (Å²) in [4.78, 5) is 0. The zero-order chi connectivity index (χ0) is 19.4. The van der Waals surface area contributed by atoms with Gasteiger partial charge in [-0.25, -0.2) is 0 Å². The molecule has 0 aromatic heterocycles. The lowest BCUT2D eigenvalue weighted by molar-refractivity contribution is -0.142. The Bertz CT molecular complexity index is 543. The second-order valence-electron chi connectivity index (χ2n) is 8.46. The summed E-state index contributed by atoms with van der Waals surface area (Å²) in [6.07, 6.45) is -1.00. The molecule has 0 radical (unpaired) electrons. The maximum absolute atomic E-state index is 9.84. The van der Waals surface area contributed by atoms with Crippen LogP contribution in [0.25, 0.3) is 0 Å². The molecule has 2 rings (SSSR count). The van der Waals surface area contributed by atoms with Crippen LogP contribution in [0.1, 0.15) is 26.3 Å². The van der Waals surface area contributed by atoms with Crippen LogP contribution in [0.2, 0.25) is 18.1 Å². The number of methoxy groups -OCH3 is 1. The topological polar surface area (TPSA) is 57.2 Å². The molecule has 1 aliphatic heterocycles. The lowest BCUT2D eigenvalue weighted by Gasteiger charge is -2.37. The van der Waals surface area contributed by atoms with Crippen molar-refractivity contribution in [2.24, 2.45) is 5.92 Å². The first-order chi connectivity index (χ1) is 12.2. The van der Waals surface area contributed by atoms with Gasteiger partial charge >= 0.3 is 0 Å². The summed E-state index contributed by atoms with van der Waals surface area (Å²) in [6.45, 7) is 12.0. The largest absolute Gasteiger partial charge is 0.414 e. The number of ether oxygens (including phenoxy) is 3. The van der Waals surface area contributed by atoms with Crippen LogP contribution in [0.5, 0.6) is 0 Å². The third-order valence-electron chi connectivity index (χ3n) is 5.59. The van der Waals surface area contributed by atoms with Gasteiger partial charge in [0.15, 0.2) is 14.6 Å². The molecule has 5 nitrogen and oxygen atoms in total. The molecule has 1 saturated heterocycles. The summed E-state index contributed by atoms with van der Waals surface area (Å²) >= 11 is 0. The second-order valence-corrected chi connectivity index (χ2v) is 13.3. The summed E-state index contributed by atoms with van der Waals surface area (Å²) in [5, 5.41) is 9.97. The molecule has 1 aromatic rings. The number of hydrogen-bond donors (Lipinski definition) is 1. The average Bonchev–Trinajstić information content (AvgIpc) is 2.95. The fourth-order valence-electron chi connectivity index (χ4n) is 2.84. The molecule has 1 aliphatic rings. The quantitative estimate of drug-likeness (QED) is 0.697. The Morgan fingerprint density at radius 3 is 2.35 bits per heavy atom. The van der Waals surface area contributed by atoms with E-state index in [1.165, 1.54) is 0 Å². The van der Waals surface area contributed by atoms with Gasteiger partial charge in [-0.1, -0.05) is 51.1 Å². The minimum Gasteiger partial charge on any atom is -0.414 e. The third-order valence-corrected chi connectivity index (χ3v) is 10.1. The van der Waals surface area contributed by atoms with Crippen LogP contribution < -0.4 is 0 Å². The van der Waals surface area contributed by atoms with Gasteiger partial charge < -0.3 is 23.7 Å². The third kappa shape index (κ3) is 5.15. The Morgan fingerprint density at radius 1 is 1.15 bits per heavy atom. The van der Waals surface area contributed by atoms with E-state index in [-0.39, 0.29) is 29.8 Å². The molecule has 1 N–H and O–H groups in total. The van der Waals surface area contributed by atoms with Gasteiger partial charge in [-0.3, -0.25) is 0 Å². The molecule has 1 aromatic carbocycles. The number of benzene rings is 1. The minimum atomic E-state index is -1.89. The Hall–Kier alpha value is -0.763. The van der Waals surface area contributed by atoms with E-state index in [0.717, 1.165) is 5.56 Å². The average molecular weight is 383 g/mol. The van der Waals surface area contributed by atoms with Crippen molar-refractivity contribution in [2.75, 3.05) is 20.3 Å². The first-order valence-corrected chi connectivity index (χ1v) is 12.2. The van der Waals surface area contributed by atoms with E-state index in [0.29, 0.717) is 13.2 Å². The Balaban J connectivity index is 2.06. The van der Waals surface area contributed by atoms with Crippen LogP contribution in [0.4, 0.5) is 0 Å². The van der Waals surface area contributed by atoms with E-state index >= 15 is 0 Å². The van der Waals surface area contributed by atoms with Crippen molar-refractivity contribution >= 4 is 8.32 Å². The molecule has 148 valence electrons. The van der Waals surface area contributed by atoms with Gasteiger partial charge in [0.05, 0.1) is 31.8 Å². The highest BCUT2D eigenvalue weighted by Crippen LogP contribution is 2.38. The lowest BCUT2D eigenvalue weighted by Crippen LogP contribution is -2.44. The van der Waals surface area contributed by atoms with Gasteiger partial charge in [0.1, 0.15) is 6.10 Å². The van der Waals surface area contributed by atoms with Crippen molar-refractivity contribution in [3.63, 3.8) is 0 Å². The highest BCUT2D eigenvalue weighted by atomic mass is 28.4. The predicted octanol–water partition coefficient (Wildman–Crippen LogP) is 3.57. The van der Waals surface area contributed by atoms with E-state index in [9.17, 15) is 5.11 Å². The van der Waals surface area contributed by atoms with Crippen LogP contribution in [-0.2, 0) is 25.2 Å². The van der Waals surface area contributed by atoms with Gasteiger partial charge in [-0.05, 0) is 23.7 Å². The van der Waals surface area contributed by atoms with E-state index in [1.54, 1.807) is 7.11 Å². The highest BCUT2D eigenvalue weighted by Gasteiger charge is 2.47. The van der Waals surface area contributed by atoms with Crippen LogP contribution in [0.15, 0.2) is 30.3 Å². The van der Waals surface area contributed by atoms with E-state index in [4.69, 9.17) is 18.6 Å². The maximum Gasteiger partial charge on any atom is 0.192 e. The van der Waals surface area contributed by atoms with E-state index in [1.807, 2.05) is 30.3 Å². The Labute approximate surface area is 158 Å². The molecule has 0 amide bonds. The normalized spacial score (nSPS) is 27.0. The molecule has 0 aliphatic carbocycles. The van der Waals surface area contributed by atoms with Crippen LogP contribution >= 0.6 is 0 Å². The standard InChI is InChI=1S/C20H34O5Si/c1-20(2,3)26(5,6)24-14-17-18(16(12-21)19(22-4)25-17)23-13-15-10-8-7-9-11-15/h7-11,16-19,21H,12-14H2,1-6H3/t16?,17-,18-,19-/m1/s1. The van der Waals surface area contributed by atoms with Crippen molar-refractivity contribution in [1.82, 2.24) is 0 Å². The van der Waals surface area contributed by atoms with Crippen molar-refractivity contribution in [1.29, 1.82) is 0 Å². The summed E-state index contributed by atoms with van der Waals surface area (Å²) in [6, 6.07) is 10.0. The number of rotatable bonds is 8. The van der Waals surface area contributed by atoms with Gasteiger partial charge in [0, 0.05) is 7.11 Å². The molecule has 6 heteroatoms. The Morgan fingerprint density at radius 2 is 1.81 bits per heavy atom. The summed E-state index contributed by atoms with van der Waals surface area (Å²) < 4.78 is 23.9. The van der Waals surface area contributed by atoms with Crippen molar-refractivity contribution in [3.05, 3.63) is 35.9 Å². The zero-order valence-electron chi connectivity index (χ0n) is 16.9. The first-order valence-electron chi connectivity index (χ1n) is 9.28. The smallest absolute Gasteiger partial charge is 0.192 e. The van der Waals surface area contributed by atoms with E-state index < -0.39 is 14.6 Å². The SMILES string of the molecule is CO[C@@H]1O[C@H](CO[Si](C)(C)C(C)(C)C)[C@H](OCc2ccccc2)C1CO. The number of aliphatic hydroxyl groups is 1. The molecule has 4 atom stereocenters. The molecule has 1 heterocycles. The van der Waals surface area contributed by atoms with E-state index in [2.05, 4.69) is 33.9 Å². The number of hydrogen-bond acceptors (Lipinski definition) is 5. The summed E-state index contributed by atoms with van der Waals surface area (Å²) in [5.74, 6) is -0.225.